The van der Waals surface area contributed by atoms with E-state index in [0.717, 1.165) is 49.7 Å². The molecule has 1 saturated heterocycles. The molecular formula is C22H33N5O3S. The fraction of sp³-hybridized carbons (Fsp3) is 0.591. The van der Waals surface area contributed by atoms with Gasteiger partial charge in [-0.2, -0.15) is 0 Å². The molecule has 0 aliphatic carbocycles. The second-order valence-electron chi connectivity index (χ2n) is 7.75. The van der Waals surface area contributed by atoms with Crippen molar-refractivity contribution < 1.29 is 14.3 Å². The van der Waals surface area contributed by atoms with Gasteiger partial charge in [-0.3, -0.25) is 9.36 Å². The van der Waals surface area contributed by atoms with Gasteiger partial charge < -0.3 is 19.7 Å². The second-order valence-corrected chi connectivity index (χ2v) is 8.69. The standard InChI is InChI=1S/C22H33N5O3S/c1-17(2)30-15-9-12-23-20(28)16-31-22-25-24-21(26-13-7-4-8-14-26)27(22)18-10-5-6-11-19(18)29-3/h5-6,10-11,17H,4,7-9,12-16H2,1-3H3,(H,23,28). The number of piperidine rings is 1. The number of ether oxygens (including phenoxy) is 2. The molecule has 8 nitrogen and oxygen atoms in total. The van der Waals surface area contributed by atoms with Crippen LogP contribution in [0, 0.1) is 0 Å². The maximum absolute atomic E-state index is 12.3. The van der Waals surface area contributed by atoms with E-state index in [9.17, 15) is 4.79 Å². The number of benzene rings is 1. The van der Waals surface area contributed by atoms with Gasteiger partial charge in [-0.1, -0.05) is 23.9 Å². The molecule has 1 amide bonds. The smallest absolute Gasteiger partial charge is 0.232 e. The molecule has 1 aliphatic rings. The predicted molar refractivity (Wildman–Crippen MR) is 123 cm³/mol. The molecule has 170 valence electrons. The molecule has 31 heavy (non-hydrogen) atoms. The lowest BCUT2D eigenvalue weighted by Gasteiger charge is -2.28. The predicted octanol–water partition coefficient (Wildman–Crippen LogP) is 3.29. The molecular weight excluding hydrogens is 414 g/mol. The van der Waals surface area contributed by atoms with Crippen molar-refractivity contribution in [3.63, 3.8) is 0 Å². The van der Waals surface area contributed by atoms with Crippen molar-refractivity contribution >= 4 is 23.6 Å². The summed E-state index contributed by atoms with van der Waals surface area (Å²) in [6.45, 7) is 7.17. The molecule has 0 saturated carbocycles. The monoisotopic (exact) mass is 447 g/mol. The van der Waals surface area contributed by atoms with Crippen molar-refractivity contribution in [2.75, 3.05) is 44.0 Å². The van der Waals surface area contributed by atoms with Crippen LogP contribution in [-0.2, 0) is 9.53 Å². The first-order valence-corrected chi connectivity index (χ1v) is 11.9. The SMILES string of the molecule is COc1ccccc1-n1c(SCC(=O)NCCCOC(C)C)nnc1N1CCCCC1. The normalized spacial score (nSPS) is 14.1. The van der Waals surface area contributed by atoms with Gasteiger partial charge >= 0.3 is 0 Å². The molecule has 2 heterocycles. The first-order valence-electron chi connectivity index (χ1n) is 10.9. The highest BCUT2D eigenvalue weighted by Gasteiger charge is 2.23. The minimum absolute atomic E-state index is 0.0244. The number of hydrogen-bond donors (Lipinski definition) is 1. The number of amides is 1. The summed E-state index contributed by atoms with van der Waals surface area (Å²) in [6, 6.07) is 7.83. The number of nitrogens with one attached hydrogen (secondary N) is 1. The van der Waals surface area contributed by atoms with Gasteiger partial charge in [0.2, 0.25) is 11.9 Å². The van der Waals surface area contributed by atoms with Gasteiger partial charge in [-0.25, -0.2) is 0 Å². The number of hydrogen-bond acceptors (Lipinski definition) is 7. The molecule has 0 spiro atoms. The van der Waals surface area contributed by atoms with Gasteiger partial charge in [0.15, 0.2) is 5.16 Å². The van der Waals surface area contributed by atoms with Crippen LogP contribution in [0.2, 0.25) is 0 Å². The summed E-state index contributed by atoms with van der Waals surface area (Å²) >= 11 is 1.39. The Balaban J connectivity index is 1.70. The van der Waals surface area contributed by atoms with E-state index in [1.807, 2.05) is 42.7 Å². The fourth-order valence-electron chi connectivity index (χ4n) is 3.48. The Bertz CT molecular complexity index is 836. The first-order chi connectivity index (χ1) is 15.1. The van der Waals surface area contributed by atoms with Crippen LogP contribution in [-0.4, -0.2) is 65.9 Å². The van der Waals surface area contributed by atoms with Crippen molar-refractivity contribution in [2.45, 2.75) is 50.8 Å². The number of thioether (sulfide) groups is 1. The molecule has 0 unspecified atom stereocenters. The number of anilines is 1. The third-order valence-corrected chi connectivity index (χ3v) is 5.94. The highest BCUT2D eigenvalue weighted by atomic mass is 32.2. The number of para-hydroxylation sites is 2. The molecule has 1 N–H and O–H groups in total. The molecule has 3 rings (SSSR count). The molecule has 1 aliphatic heterocycles. The van der Waals surface area contributed by atoms with E-state index in [4.69, 9.17) is 9.47 Å². The van der Waals surface area contributed by atoms with Crippen LogP contribution < -0.4 is 15.0 Å². The molecule has 9 heteroatoms. The zero-order chi connectivity index (χ0) is 22.1. The molecule has 0 bridgehead atoms. The van der Waals surface area contributed by atoms with E-state index in [2.05, 4.69) is 20.4 Å². The van der Waals surface area contributed by atoms with Crippen LogP contribution in [0.15, 0.2) is 29.4 Å². The van der Waals surface area contributed by atoms with E-state index in [0.29, 0.717) is 18.3 Å². The molecule has 0 atom stereocenters. The lowest BCUT2D eigenvalue weighted by Crippen LogP contribution is -2.32. The summed E-state index contributed by atoms with van der Waals surface area (Å²) in [5.41, 5.74) is 0.879. The Morgan fingerprint density at radius 2 is 1.97 bits per heavy atom. The van der Waals surface area contributed by atoms with Gasteiger partial charge in [0, 0.05) is 26.2 Å². The van der Waals surface area contributed by atoms with Gasteiger partial charge in [-0.05, 0) is 51.7 Å². The average molecular weight is 448 g/mol. The maximum atomic E-state index is 12.3. The van der Waals surface area contributed by atoms with Gasteiger partial charge in [0.1, 0.15) is 5.75 Å². The van der Waals surface area contributed by atoms with Crippen molar-refractivity contribution in [3.8, 4) is 11.4 Å². The molecule has 1 aromatic heterocycles. The van der Waals surface area contributed by atoms with Crippen LogP contribution in [0.1, 0.15) is 39.5 Å². The van der Waals surface area contributed by atoms with Crippen molar-refractivity contribution in [1.29, 1.82) is 0 Å². The summed E-state index contributed by atoms with van der Waals surface area (Å²) in [7, 11) is 1.66. The Kier molecular flexibility index (Phi) is 9.02. The van der Waals surface area contributed by atoms with Crippen molar-refractivity contribution in [3.05, 3.63) is 24.3 Å². The summed E-state index contributed by atoms with van der Waals surface area (Å²) in [5.74, 6) is 1.80. The maximum Gasteiger partial charge on any atom is 0.232 e. The lowest BCUT2D eigenvalue weighted by atomic mass is 10.1. The van der Waals surface area contributed by atoms with Crippen LogP contribution >= 0.6 is 11.8 Å². The number of methoxy groups -OCH3 is 1. The number of carbonyl (C=O) groups excluding carboxylic acids is 1. The van der Waals surface area contributed by atoms with E-state index in [1.54, 1.807) is 7.11 Å². The Morgan fingerprint density at radius 3 is 2.71 bits per heavy atom. The summed E-state index contributed by atoms with van der Waals surface area (Å²) in [4.78, 5) is 14.6. The number of nitrogens with zero attached hydrogens (tertiary/aromatic N) is 4. The van der Waals surface area contributed by atoms with Crippen LogP contribution in [0.25, 0.3) is 5.69 Å². The van der Waals surface area contributed by atoms with Crippen molar-refractivity contribution in [2.24, 2.45) is 0 Å². The molecule has 1 fully saturated rings. The molecule has 2 aromatic rings. The van der Waals surface area contributed by atoms with E-state index >= 15 is 0 Å². The zero-order valence-electron chi connectivity index (χ0n) is 18.7. The van der Waals surface area contributed by atoms with E-state index in [1.165, 1.54) is 18.2 Å². The highest BCUT2D eigenvalue weighted by Crippen LogP contribution is 2.32. The summed E-state index contributed by atoms with van der Waals surface area (Å²) in [5, 5.41) is 12.5. The molecule has 0 radical (unpaired) electrons. The second kappa shape index (κ2) is 12.0. The zero-order valence-corrected chi connectivity index (χ0v) is 19.5. The quantitative estimate of drug-likeness (QED) is 0.418. The third kappa shape index (κ3) is 6.61. The number of aromatic nitrogens is 3. The number of carbonyl (C=O) groups is 1. The Labute approximate surface area is 188 Å². The van der Waals surface area contributed by atoms with E-state index in [-0.39, 0.29) is 17.8 Å². The van der Waals surface area contributed by atoms with Gasteiger partial charge in [-0.15, -0.1) is 10.2 Å². The van der Waals surface area contributed by atoms with Gasteiger partial charge in [0.25, 0.3) is 0 Å². The minimum atomic E-state index is -0.0244. The Hall–Kier alpha value is -2.26. The van der Waals surface area contributed by atoms with Crippen LogP contribution in [0.4, 0.5) is 5.95 Å². The van der Waals surface area contributed by atoms with Crippen LogP contribution in [0.3, 0.4) is 0 Å². The van der Waals surface area contributed by atoms with E-state index < -0.39 is 0 Å². The third-order valence-electron chi connectivity index (χ3n) is 5.01. The van der Waals surface area contributed by atoms with Crippen LogP contribution in [0.5, 0.6) is 5.75 Å². The fourth-order valence-corrected chi connectivity index (χ4v) is 4.25. The minimum Gasteiger partial charge on any atom is -0.495 e. The highest BCUT2D eigenvalue weighted by molar-refractivity contribution is 7.99. The Morgan fingerprint density at radius 1 is 1.19 bits per heavy atom. The lowest BCUT2D eigenvalue weighted by molar-refractivity contribution is -0.118. The van der Waals surface area contributed by atoms with Crippen molar-refractivity contribution in [1.82, 2.24) is 20.1 Å². The average Bonchev–Trinajstić information content (AvgIpc) is 3.21. The topological polar surface area (TPSA) is 81.5 Å². The van der Waals surface area contributed by atoms with Gasteiger partial charge in [0.05, 0.1) is 24.7 Å². The number of rotatable bonds is 11. The largest absolute Gasteiger partial charge is 0.495 e. The first kappa shape index (κ1) is 23.4. The summed E-state index contributed by atoms with van der Waals surface area (Å²) < 4.78 is 13.1. The summed E-state index contributed by atoms with van der Waals surface area (Å²) in [6.07, 6.45) is 4.53. The molecule has 1 aromatic carbocycles.